The molecule has 1 aliphatic rings. The van der Waals surface area contributed by atoms with Crippen LogP contribution >= 0.6 is 0 Å². The van der Waals surface area contributed by atoms with Crippen LogP contribution in [0.1, 0.15) is 26.2 Å². The lowest BCUT2D eigenvalue weighted by molar-refractivity contribution is -0.151. The van der Waals surface area contributed by atoms with Crippen molar-refractivity contribution in [3.05, 3.63) is 0 Å². The number of amides is 1. The summed E-state index contributed by atoms with van der Waals surface area (Å²) in [6.45, 7) is 1.83. The van der Waals surface area contributed by atoms with Crippen LogP contribution in [0.2, 0.25) is 0 Å². The first-order chi connectivity index (χ1) is 8.40. The topological polar surface area (TPSA) is 92.7 Å². The first-order valence-electron chi connectivity index (χ1n) is 5.88. The quantitative estimate of drug-likeness (QED) is 0.707. The van der Waals surface area contributed by atoms with Crippen molar-refractivity contribution in [2.24, 2.45) is 0 Å². The first kappa shape index (κ1) is 15.1. The van der Waals surface area contributed by atoms with E-state index in [1.54, 1.807) is 6.26 Å². The van der Waals surface area contributed by atoms with E-state index < -0.39 is 29.0 Å². The van der Waals surface area contributed by atoms with Gasteiger partial charge in [-0.15, -0.1) is 0 Å². The molecule has 104 valence electrons. The van der Waals surface area contributed by atoms with Crippen molar-refractivity contribution in [3.63, 3.8) is 0 Å². The predicted octanol–water partition coefficient (Wildman–Crippen LogP) is -0.108. The highest BCUT2D eigenvalue weighted by Crippen LogP contribution is 2.20. The monoisotopic (exact) mass is 277 g/mol. The van der Waals surface area contributed by atoms with Crippen LogP contribution in [0.5, 0.6) is 0 Å². The molecule has 0 spiro atoms. The van der Waals surface area contributed by atoms with Gasteiger partial charge in [-0.25, -0.2) is 4.79 Å². The number of carbonyl (C=O) groups is 2. The van der Waals surface area contributed by atoms with E-state index in [1.165, 1.54) is 0 Å². The standard InChI is InChI=1S/C11H19NO5S/c1-7(5-6-18(2)16)12-10(13)8-3-4-9(17-8)11(14)15/h7-9H,3-6H2,1-2H3,(H,12,13)(H,14,15). The molecule has 1 rings (SSSR count). The largest absolute Gasteiger partial charge is 0.479 e. The number of nitrogens with one attached hydrogen (secondary N) is 1. The van der Waals surface area contributed by atoms with Gasteiger partial charge in [-0.3, -0.25) is 9.00 Å². The minimum absolute atomic E-state index is 0.0890. The van der Waals surface area contributed by atoms with Crippen LogP contribution in [-0.2, 0) is 25.1 Å². The molecule has 1 aliphatic heterocycles. The minimum Gasteiger partial charge on any atom is -0.479 e. The molecule has 0 aromatic heterocycles. The van der Waals surface area contributed by atoms with E-state index in [4.69, 9.17) is 9.84 Å². The average Bonchev–Trinajstić information content (AvgIpc) is 2.75. The normalized spacial score (nSPS) is 26.6. The number of aliphatic carboxylic acids is 1. The Bertz CT molecular complexity index is 346. The van der Waals surface area contributed by atoms with E-state index in [-0.39, 0.29) is 11.9 Å². The molecular formula is C11H19NO5S. The van der Waals surface area contributed by atoms with Gasteiger partial charge >= 0.3 is 5.97 Å². The van der Waals surface area contributed by atoms with Gasteiger partial charge in [0.25, 0.3) is 0 Å². The van der Waals surface area contributed by atoms with Gasteiger partial charge in [0.2, 0.25) is 5.91 Å². The average molecular weight is 277 g/mol. The molecule has 4 atom stereocenters. The molecule has 4 unspecified atom stereocenters. The lowest BCUT2D eigenvalue weighted by atomic mass is 10.1. The Morgan fingerprint density at radius 1 is 1.44 bits per heavy atom. The van der Waals surface area contributed by atoms with Gasteiger partial charge in [-0.1, -0.05) is 0 Å². The maximum atomic E-state index is 11.8. The molecule has 0 saturated carbocycles. The smallest absolute Gasteiger partial charge is 0.332 e. The third-order valence-electron chi connectivity index (χ3n) is 2.81. The maximum absolute atomic E-state index is 11.8. The highest BCUT2D eigenvalue weighted by molar-refractivity contribution is 7.84. The molecule has 2 N–H and O–H groups in total. The van der Waals surface area contributed by atoms with Gasteiger partial charge < -0.3 is 15.2 Å². The number of carboxylic acids is 1. The fourth-order valence-corrected chi connectivity index (χ4v) is 2.45. The molecule has 0 bridgehead atoms. The first-order valence-corrected chi connectivity index (χ1v) is 7.61. The van der Waals surface area contributed by atoms with Crippen molar-refractivity contribution in [2.45, 2.75) is 44.4 Å². The lowest BCUT2D eigenvalue weighted by Crippen LogP contribution is -2.41. The summed E-state index contributed by atoms with van der Waals surface area (Å²) in [5.74, 6) is -0.780. The van der Waals surface area contributed by atoms with Crippen LogP contribution in [0.3, 0.4) is 0 Å². The molecule has 1 fully saturated rings. The summed E-state index contributed by atoms with van der Waals surface area (Å²) in [5, 5.41) is 11.5. The Kier molecular flexibility index (Phi) is 5.74. The van der Waals surface area contributed by atoms with E-state index in [2.05, 4.69) is 5.32 Å². The number of hydrogen-bond donors (Lipinski definition) is 2. The third kappa shape index (κ3) is 4.73. The summed E-state index contributed by atoms with van der Waals surface area (Å²) >= 11 is 0. The summed E-state index contributed by atoms with van der Waals surface area (Å²) < 4.78 is 16.1. The number of carbonyl (C=O) groups excluding carboxylic acids is 1. The molecule has 18 heavy (non-hydrogen) atoms. The van der Waals surface area contributed by atoms with Crippen molar-refractivity contribution in [2.75, 3.05) is 12.0 Å². The molecule has 0 radical (unpaired) electrons. The summed E-state index contributed by atoms with van der Waals surface area (Å²) in [6.07, 6.45) is 1.48. The zero-order valence-corrected chi connectivity index (χ0v) is 11.4. The maximum Gasteiger partial charge on any atom is 0.332 e. The Morgan fingerprint density at radius 3 is 2.56 bits per heavy atom. The molecule has 6 nitrogen and oxygen atoms in total. The number of ether oxygens (including phenoxy) is 1. The van der Waals surface area contributed by atoms with Crippen LogP contribution in [-0.4, -0.2) is 51.5 Å². The third-order valence-corrected chi connectivity index (χ3v) is 3.63. The van der Waals surface area contributed by atoms with E-state index in [0.717, 1.165) is 0 Å². The Labute approximate surface area is 109 Å². The molecule has 7 heteroatoms. The zero-order chi connectivity index (χ0) is 13.7. The Morgan fingerprint density at radius 2 is 2.06 bits per heavy atom. The summed E-state index contributed by atoms with van der Waals surface area (Å²) in [5.41, 5.74) is 0. The number of hydrogen-bond acceptors (Lipinski definition) is 4. The van der Waals surface area contributed by atoms with Crippen molar-refractivity contribution < 1.29 is 23.6 Å². The second kappa shape index (κ2) is 6.84. The highest BCUT2D eigenvalue weighted by Gasteiger charge is 2.34. The van der Waals surface area contributed by atoms with E-state index in [1.807, 2.05) is 6.92 Å². The van der Waals surface area contributed by atoms with Gasteiger partial charge in [0, 0.05) is 28.9 Å². The van der Waals surface area contributed by atoms with Crippen molar-refractivity contribution in [1.29, 1.82) is 0 Å². The van der Waals surface area contributed by atoms with Crippen LogP contribution in [0.25, 0.3) is 0 Å². The SMILES string of the molecule is CC(CCS(C)=O)NC(=O)C1CCC(C(=O)O)O1. The van der Waals surface area contributed by atoms with Crippen molar-refractivity contribution in [1.82, 2.24) is 5.32 Å². The predicted molar refractivity (Wildman–Crippen MR) is 66.7 cm³/mol. The second-order valence-electron chi connectivity index (χ2n) is 4.50. The van der Waals surface area contributed by atoms with E-state index >= 15 is 0 Å². The van der Waals surface area contributed by atoms with Gasteiger partial charge in [0.15, 0.2) is 6.10 Å². The fourth-order valence-electron chi connectivity index (χ4n) is 1.76. The summed E-state index contributed by atoms with van der Waals surface area (Å²) in [6, 6.07) is -0.0890. The van der Waals surface area contributed by atoms with Crippen LogP contribution in [0.15, 0.2) is 0 Å². The van der Waals surface area contributed by atoms with Crippen LogP contribution in [0, 0.1) is 0 Å². The molecule has 0 aliphatic carbocycles. The molecule has 1 amide bonds. The molecular weight excluding hydrogens is 258 g/mol. The molecule has 1 heterocycles. The van der Waals surface area contributed by atoms with Gasteiger partial charge in [0.05, 0.1) is 0 Å². The summed E-state index contributed by atoms with van der Waals surface area (Å²) in [7, 11) is -0.875. The Hall–Kier alpha value is -0.950. The van der Waals surface area contributed by atoms with Crippen molar-refractivity contribution >= 4 is 22.7 Å². The lowest BCUT2D eigenvalue weighted by Gasteiger charge is -2.16. The van der Waals surface area contributed by atoms with Crippen LogP contribution < -0.4 is 5.32 Å². The molecule has 0 aromatic rings. The van der Waals surface area contributed by atoms with Gasteiger partial charge in [0.1, 0.15) is 6.10 Å². The fraction of sp³-hybridized carbons (Fsp3) is 0.818. The number of carboxylic acid groups (broad SMARTS) is 1. The summed E-state index contributed by atoms with van der Waals surface area (Å²) in [4.78, 5) is 22.4. The van der Waals surface area contributed by atoms with E-state index in [9.17, 15) is 13.8 Å². The second-order valence-corrected chi connectivity index (χ2v) is 6.06. The molecule has 1 saturated heterocycles. The van der Waals surface area contributed by atoms with Crippen molar-refractivity contribution in [3.8, 4) is 0 Å². The Balaban J connectivity index is 2.33. The number of rotatable bonds is 6. The zero-order valence-electron chi connectivity index (χ0n) is 10.5. The van der Waals surface area contributed by atoms with Gasteiger partial charge in [-0.05, 0) is 26.2 Å². The minimum atomic E-state index is -1.03. The van der Waals surface area contributed by atoms with Gasteiger partial charge in [-0.2, -0.15) is 0 Å². The van der Waals surface area contributed by atoms with Crippen LogP contribution in [0.4, 0.5) is 0 Å². The highest BCUT2D eigenvalue weighted by atomic mass is 32.2. The van der Waals surface area contributed by atoms with E-state index in [0.29, 0.717) is 25.0 Å². The molecule has 0 aromatic carbocycles.